The first-order valence-electron chi connectivity index (χ1n) is 13.9. The summed E-state index contributed by atoms with van der Waals surface area (Å²) >= 11 is 0. The number of carbonyl (C=O) groups is 5. The smallest absolute Gasteiger partial charge is 0.693 e. The molecule has 0 radical (unpaired) electrons. The number of nitrogens with one attached hydrogen (secondary N) is 5. The Morgan fingerprint density at radius 3 is 2.12 bits per heavy atom. The van der Waals surface area contributed by atoms with Gasteiger partial charge in [0.05, 0.1) is 25.2 Å². The molecule has 2 aromatic carbocycles. The molecule has 3 amide bonds. The first-order valence-corrected chi connectivity index (χ1v) is 13.9. The quantitative estimate of drug-likeness (QED) is 0.200. The maximum Gasteiger partial charge on any atom is 2.00 e. The minimum absolute atomic E-state index is 0. The second-order valence-electron chi connectivity index (χ2n) is 8.57. The normalized spacial score (nSPS) is 10.5. The summed E-state index contributed by atoms with van der Waals surface area (Å²) in [6.07, 6.45) is 3.48. The molecule has 0 fully saturated rings. The summed E-state index contributed by atoms with van der Waals surface area (Å²) < 4.78 is 0. The molecule has 0 aromatic heterocycles. The van der Waals surface area contributed by atoms with Crippen LogP contribution in [0.5, 0.6) is 0 Å². The minimum atomic E-state index is -0.553. The number of nitrogens with zero attached hydrogens (tertiary/aromatic N) is 1. The van der Waals surface area contributed by atoms with Crippen LogP contribution in [0.1, 0.15) is 39.2 Å². The molecular formula is C30H51N7O5W. The van der Waals surface area contributed by atoms with Crippen molar-refractivity contribution in [2.45, 2.75) is 52.1 Å². The Hall–Kier alpha value is -3.02. The third kappa shape index (κ3) is 23.2. The van der Waals surface area contributed by atoms with Crippen LogP contribution in [0.4, 0.5) is 0 Å². The first-order chi connectivity index (χ1) is 19.8. The van der Waals surface area contributed by atoms with Crippen molar-refractivity contribution in [2.75, 3.05) is 47.3 Å². The fraction of sp³-hybridized carbons (Fsp3) is 0.500. The van der Waals surface area contributed by atoms with Crippen LogP contribution in [0.25, 0.3) is 22.7 Å². The van der Waals surface area contributed by atoms with Gasteiger partial charge in [-0.1, -0.05) is 69.7 Å². The van der Waals surface area contributed by atoms with Gasteiger partial charge in [-0.3, -0.25) is 14.4 Å². The van der Waals surface area contributed by atoms with Crippen LogP contribution in [0.15, 0.2) is 42.5 Å². The number of hydrogen-bond acceptors (Lipinski definition) is 7. The molecule has 0 aliphatic rings. The Morgan fingerprint density at radius 1 is 1.02 bits per heavy atom. The van der Waals surface area contributed by atoms with Gasteiger partial charge in [-0.15, -0.1) is 0 Å². The van der Waals surface area contributed by atoms with Crippen LogP contribution >= 0.6 is 0 Å². The maximum absolute atomic E-state index is 11.9. The van der Waals surface area contributed by atoms with Gasteiger partial charge in [-0.2, -0.15) is 6.54 Å². The van der Waals surface area contributed by atoms with E-state index in [2.05, 4.69) is 52.5 Å². The first kappa shape index (κ1) is 46.9. The molecule has 242 valence electrons. The number of carbonyl (C=O) groups excluding carboxylic acids is 5. The topological polar surface area (TPSA) is 194 Å². The average molecular weight is 774 g/mol. The molecule has 0 saturated carbocycles. The monoisotopic (exact) mass is 773 g/mol. The zero-order chi connectivity index (χ0) is 31.5. The van der Waals surface area contributed by atoms with E-state index in [4.69, 9.17) is 5.73 Å². The number of aldehydes is 2. The molecule has 0 saturated heterocycles. The van der Waals surface area contributed by atoms with E-state index in [-0.39, 0.29) is 64.7 Å². The van der Waals surface area contributed by atoms with Gasteiger partial charge < -0.3 is 47.6 Å². The molecule has 12 nitrogen and oxygen atoms in total. The fourth-order valence-corrected chi connectivity index (χ4v) is 3.21. The van der Waals surface area contributed by atoms with E-state index in [0.29, 0.717) is 38.2 Å². The largest absolute Gasteiger partial charge is 2.00 e. The van der Waals surface area contributed by atoms with E-state index in [1.54, 1.807) is 7.05 Å². The predicted octanol–water partition coefficient (Wildman–Crippen LogP) is 2.84. The van der Waals surface area contributed by atoms with E-state index < -0.39 is 6.04 Å². The third-order valence-electron chi connectivity index (χ3n) is 5.41. The SMILES string of the molecule is CC.CCNC.CN(C=O)CC(=O)N[C@H](C=O)CCC[NH-].CNC(Cc1ccc2ccccc2c1)C(=O)NCC=O.[NH2-].[W+2]. The maximum atomic E-state index is 11.9. The van der Waals surface area contributed by atoms with Crippen molar-refractivity contribution in [3.8, 4) is 0 Å². The summed E-state index contributed by atoms with van der Waals surface area (Å²) in [6.45, 7) is 7.36. The summed E-state index contributed by atoms with van der Waals surface area (Å²) in [7, 11) is 5.15. The molecule has 0 heterocycles. The number of nitrogens with two attached hydrogens (primary N) is 1. The molecular weight excluding hydrogens is 722 g/mol. The average Bonchev–Trinajstić information content (AvgIpc) is 3.01. The van der Waals surface area contributed by atoms with Gasteiger partial charge in [0.25, 0.3) is 0 Å². The second-order valence-corrected chi connectivity index (χ2v) is 8.57. The zero-order valence-electron chi connectivity index (χ0n) is 26.4. The summed E-state index contributed by atoms with van der Waals surface area (Å²) in [5.74, 6) is -0.528. The summed E-state index contributed by atoms with van der Waals surface area (Å²) in [6, 6.07) is 13.4. The van der Waals surface area contributed by atoms with Gasteiger partial charge in [0.1, 0.15) is 12.6 Å². The standard InChI is InChI=1S/C16H18N2O2.C9H16N3O3.C3H9N.C2H6.H2N.W/c1-17-15(16(20)18-8-9-19)11-12-6-7-13-4-2-3-5-14(13)10-12;1-12(7-14)5-9(15)11-8(6-13)3-2-4-10;1-3-4-2;1-2;;/h2-7,9-10,15,17H,8,11H2,1H3,(H,18,20);6-8,10H,2-5H2,1H3,(H,11,15);4H,3H2,1-2H3;1-2H3;1H2;/q;-1;;;-1;+2/t;8-;;;;/m.0..../s1. The molecule has 0 spiro atoms. The van der Waals surface area contributed by atoms with Gasteiger partial charge in [-0.25, -0.2) is 0 Å². The van der Waals surface area contributed by atoms with Crippen molar-refractivity contribution in [1.82, 2.24) is 26.2 Å². The fourth-order valence-electron chi connectivity index (χ4n) is 3.21. The third-order valence-corrected chi connectivity index (χ3v) is 5.41. The van der Waals surface area contributed by atoms with Crippen molar-refractivity contribution >= 4 is 41.6 Å². The molecule has 7 N–H and O–H groups in total. The van der Waals surface area contributed by atoms with Gasteiger partial charge in [0, 0.05) is 7.05 Å². The van der Waals surface area contributed by atoms with E-state index in [1.807, 2.05) is 39.1 Å². The zero-order valence-corrected chi connectivity index (χ0v) is 29.3. The molecule has 0 aliphatic heterocycles. The Labute approximate surface area is 271 Å². The number of hydrogen-bond donors (Lipinski definition) is 4. The number of likely N-dealkylation sites (N-methyl/N-ethyl adjacent to an activating group) is 2. The number of benzene rings is 2. The summed E-state index contributed by atoms with van der Waals surface area (Å²) in [5.41, 5.74) is 8.00. The van der Waals surface area contributed by atoms with Crippen LogP contribution in [-0.4, -0.2) is 95.1 Å². The van der Waals surface area contributed by atoms with Gasteiger partial charge in [0.2, 0.25) is 18.2 Å². The predicted molar refractivity (Wildman–Crippen MR) is 171 cm³/mol. The molecule has 1 unspecified atom stereocenters. The van der Waals surface area contributed by atoms with Crippen LogP contribution < -0.4 is 21.3 Å². The van der Waals surface area contributed by atoms with E-state index in [0.717, 1.165) is 17.5 Å². The Kier molecular flexibility index (Phi) is 34.8. The molecule has 0 aliphatic carbocycles. The second kappa shape index (κ2) is 31.9. The van der Waals surface area contributed by atoms with E-state index in [9.17, 15) is 24.0 Å². The van der Waals surface area contributed by atoms with Gasteiger partial charge in [-0.05, 0) is 49.8 Å². The van der Waals surface area contributed by atoms with Crippen molar-refractivity contribution in [3.63, 3.8) is 0 Å². The van der Waals surface area contributed by atoms with Crippen molar-refractivity contribution in [2.24, 2.45) is 0 Å². The number of fused-ring (bicyclic) bond motifs is 1. The number of amides is 3. The van der Waals surface area contributed by atoms with Crippen molar-refractivity contribution in [1.29, 1.82) is 0 Å². The Balaban J connectivity index is -0.000000295. The van der Waals surface area contributed by atoms with Crippen LogP contribution in [0.3, 0.4) is 0 Å². The molecule has 2 rings (SSSR count). The summed E-state index contributed by atoms with van der Waals surface area (Å²) in [5, 5.41) is 13.3. The van der Waals surface area contributed by atoms with Crippen molar-refractivity contribution < 1.29 is 45.0 Å². The molecule has 43 heavy (non-hydrogen) atoms. The van der Waals surface area contributed by atoms with Crippen LogP contribution in [0, 0.1) is 0 Å². The van der Waals surface area contributed by atoms with Crippen LogP contribution in [-0.2, 0) is 51.5 Å². The summed E-state index contributed by atoms with van der Waals surface area (Å²) in [4.78, 5) is 55.3. The van der Waals surface area contributed by atoms with E-state index in [1.165, 1.54) is 17.3 Å². The molecule has 2 aromatic rings. The van der Waals surface area contributed by atoms with Crippen LogP contribution in [0.2, 0.25) is 0 Å². The van der Waals surface area contributed by atoms with Gasteiger partial charge in [0.15, 0.2) is 0 Å². The van der Waals surface area contributed by atoms with E-state index >= 15 is 0 Å². The molecule has 13 heteroatoms. The minimum Gasteiger partial charge on any atom is -0.693 e. The Morgan fingerprint density at radius 2 is 1.63 bits per heavy atom. The molecule has 0 bridgehead atoms. The Bertz CT molecular complexity index is 1010. The number of rotatable bonds is 15. The molecule has 2 atom stereocenters. The van der Waals surface area contributed by atoms with Gasteiger partial charge >= 0.3 is 21.1 Å². The van der Waals surface area contributed by atoms with Crippen molar-refractivity contribution in [3.05, 3.63) is 59.9 Å².